The number of primary sulfonamides is 1. The lowest BCUT2D eigenvalue weighted by atomic mass is 9.85. The molecule has 11 nitrogen and oxygen atoms in total. The Labute approximate surface area is 229 Å². The van der Waals surface area contributed by atoms with E-state index in [4.69, 9.17) is 14.9 Å². The third-order valence-corrected chi connectivity index (χ3v) is 8.74. The summed E-state index contributed by atoms with van der Waals surface area (Å²) in [5.41, 5.74) is 0.813. The number of hydrogen-bond acceptors (Lipinski definition) is 8. The molecule has 0 bridgehead atoms. The van der Waals surface area contributed by atoms with Gasteiger partial charge in [-0.1, -0.05) is 6.07 Å². The molecule has 1 saturated heterocycles. The van der Waals surface area contributed by atoms with E-state index >= 15 is 0 Å². The molecule has 3 N–H and O–H groups in total. The van der Waals surface area contributed by atoms with Crippen molar-refractivity contribution in [1.29, 1.82) is 0 Å². The fourth-order valence-electron chi connectivity index (χ4n) is 5.82. The molecule has 2 aliphatic rings. The largest absolute Gasteiger partial charge is 0.493 e. The van der Waals surface area contributed by atoms with Crippen LogP contribution < -0.4 is 15.2 Å². The maximum absolute atomic E-state index is 13.1. The molecule has 1 amide bonds. The van der Waals surface area contributed by atoms with Gasteiger partial charge in [0, 0.05) is 36.3 Å². The number of carbonyl (C=O) groups is 1. The summed E-state index contributed by atoms with van der Waals surface area (Å²) in [4.78, 5) is 24.4. The van der Waals surface area contributed by atoms with Crippen LogP contribution in [0.5, 0.6) is 5.75 Å². The van der Waals surface area contributed by atoms with Crippen LogP contribution in [0.1, 0.15) is 58.8 Å². The van der Waals surface area contributed by atoms with Crippen molar-refractivity contribution in [3.8, 4) is 11.6 Å². The van der Waals surface area contributed by atoms with Crippen molar-refractivity contribution in [2.45, 2.75) is 76.9 Å². The van der Waals surface area contributed by atoms with E-state index in [2.05, 4.69) is 34.1 Å². The van der Waals surface area contributed by atoms with Gasteiger partial charge in [-0.25, -0.2) is 23.2 Å². The minimum atomic E-state index is -3.52. The summed E-state index contributed by atoms with van der Waals surface area (Å²) in [5.74, 6) is 2.06. The fourth-order valence-corrected chi connectivity index (χ4v) is 6.34. The SMILES string of the molecule is C[C@@H]1CC[C@@H](C)N1C(=O)[C@H]1CC[C@H](Nc2nccc(-n3ncc4c(OCCCS(N)(=O)=O)cccc43)n2)CC1. The van der Waals surface area contributed by atoms with E-state index in [1.54, 1.807) is 23.1 Å². The van der Waals surface area contributed by atoms with Gasteiger partial charge in [-0.2, -0.15) is 10.1 Å². The maximum atomic E-state index is 13.1. The Morgan fingerprint density at radius 2 is 1.85 bits per heavy atom. The van der Waals surface area contributed by atoms with Gasteiger partial charge >= 0.3 is 0 Å². The van der Waals surface area contributed by atoms with Crippen molar-refractivity contribution < 1.29 is 17.9 Å². The zero-order valence-electron chi connectivity index (χ0n) is 22.5. The Hall–Kier alpha value is -3.25. The summed E-state index contributed by atoms with van der Waals surface area (Å²) < 4.78 is 29.9. The van der Waals surface area contributed by atoms with Gasteiger partial charge in [-0.15, -0.1) is 0 Å². The molecule has 210 valence electrons. The highest BCUT2D eigenvalue weighted by atomic mass is 32.2. The molecule has 3 heterocycles. The van der Waals surface area contributed by atoms with Crippen molar-refractivity contribution in [2.75, 3.05) is 17.7 Å². The summed E-state index contributed by atoms with van der Waals surface area (Å²) in [7, 11) is -3.52. The molecule has 2 aromatic heterocycles. The number of fused-ring (bicyclic) bond motifs is 1. The van der Waals surface area contributed by atoms with E-state index < -0.39 is 10.0 Å². The first kappa shape index (κ1) is 27.3. The summed E-state index contributed by atoms with van der Waals surface area (Å²) >= 11 is 0. The summed E-state index contributed by atoms with van der Waals surface area (Å²) in [6.07, 6.45) is 9.45. The Morgan fingerprint density at radius 3 is 2.56 bits per heavy atom. The van der Waals surface area contributed by atoms with E-state index in [9.17, 15) is 13.2 Å². The number of ether oxygens (including phenoxy) is 1. The molecule has 2 fully saturated rings. The molecule has 2 atom stereocenters. The van der Waals surface area contributed by atoms with Crippen molar-refractivity contribution in [2.24, 2.45) is 11.1 Å². The van der Waals surface area contributed by atoms with Crippen LogP contribution in [0.15, 0.2) is 36.7 Å². The van der Waals surface area contributed by atoms with Gasteiger partial charge in [0.25, 0.3) is 0 Å². The summed E-state index contributed by atoms with van der Waals surface area (Å²) in [6, 6.07) is 8.31. The van der Waals surface area contributed by atoms with Crippen LogP contribution in [0.25, 0.3) is 16.7 Å². The number of carbonyl (C=O) groups excluding carboxylic acids is 1. The fraction of sp³-hybridized carbons (Fsp3) is 0.556. The van der Waals surface area contributed by atoms with Gasteiger partial charge in [0.05, 0.1) is 29.5 Å². The molecular weight excluding hydrogens is 518 g/mol. The first-order chi connectivity index (χ1) is 18.7. The standard InChI is InChI=1S/C27H37N7O4S/c1-18-7-8-19(2)33(18)26(35)20-9-11-21(12-10-20)31-27-29-14-13-25(32-27)34-23-5-3-6-24(22(23)17-30-34)38-15-4-16-39(28,36)37/h3,5-6,13-14,17-21H,4,7-12,15-16H2,1-2H3,(H2,28,36,37)(H,29,31,32)/t18-,19-,20-,21-/m1/s1. The highest BCUT2D eigenvalue weighted by molar-refractivity contribution is 7.89. The number of benzene rings is 1. The highest BCUT2D eigenvalue weighted by Gasteiger charge is 2.36. The second-order valence-electron chi connectivity index (χ2n) is 10.8. The maximum Gasteiger partial charge on any atom is 0.226 e. The number of rotatable bonds is 9. The second-order valence-corrected chi connectivity index (χ2v) is 12.5. The predicted octanol–water partition coefficient (Wildman–Crippen LogP) is 3.24. The zero-order chi connectivity index (χ0) is 27.6. The van der Waals surface area contributed by atoms with Crippen LogP contribution in [0, 0.1) is 5.92 Å². The van der Waals surface area contributed by atoms with Crippen LogP contribution in [0.2, 0.25) is 0 Å². The van der Waals surface area contributed by atoms with Gasteiger partial charge in [-0.05, 0) is 70.9 Å². The van der Waals surface area contributed by atoms with E-state index in [1.165, 1.54) is 0 Å². The number of likely N-dealkylation sites (tertiary alicyclic amines) is 1. The number of sulfonamides is 1. The Balaban J connectivity index is 1.21. The number of nitrogens with zero attached hydrogens (tertiary/aromatic N) is 5. The summed E-state index contributed by atoms with van der Waals surface area (Å²) in [5, 5.41) is 13.8. The van der Waals surface area contributed by atoms with Crippen LogP contribution in [-0.4, -0.2) is 69.5 Å². The number of anilines is 1. The van der Waals surface area contributed by atoms with Gasteiger partial charge in [0.15, 0.2) is 5.82 Å². The minimum absolute atomic E-state index is 0.102. The highest BCUT2D eigenvalue weighted by Crippen LogP contribution is 2.32. The first-order valence-electron chi connectivity index (χ1n) is 13.7. The Bertz CT molecular complexity index is 1410. The van der Waals surface area contributed by atoms with E-state index in [1.807, 2.05) is 18.2 Å². The quantitative estimate of drug-likeness (QED) is 0.383. The Kier molecular flexibility index (Phi) is 8.03. The lowest BCUT2D eigenvalue weighted by Crippen LogP contribution is -2.44. The molecule has 1 aromatic carbocycles. The molecule has 0 radical (unpaired) electrons. The zero-order valence-corrected chi connectivity index (χ0v) is 23.3. The molecule has 0 unspecified atom stereocenters. The van der Waals surface area contributed by atoms with Crippen LogP contribution in [-0.2, 0) is 14.8 Å². The van der Waals surface area contributed by atoms with Crippen LogP contribution in [0.3, 0.4) is 0 Å². The number of aromatic nitrogens is 4. The molecule has 0 spiro atoms. The second kappa shape index (κ2) is 11.5. The number of nitrogens with two attached hydrogens (primary N) is 1. The van der Waals surface area contributed by atoms with E-state index in [0.29, 0.717) is 41.9 Å². The number of nitrogens with one attached hydrogen (secondary N) is 1. The van der Waals surface area contributed by atoms with Crippen LogP contribution >= 0.6 is 0 Å². The Morgan fingerprint density at radius 1 is 1.10 bits per heavy atom. The third kappa shape index (κ3) is 6.33. The van der Waals surface area contributed by atoms with Crippen LogP contribution in [0.4, 0.5) is 5.95 Å². The molecule has 1 saturated carbocycles. The molecule has 1 aliphatic carbocycles. The lowest BCUT2D eigenvalue weighted by Gasteiger charge is -2.34. The van der Waals surface area contributed by atoms with E-state index in [-0.39, 0.29) is 24.3 Å². The molecular formula is C27H37N7O4S. The number of amides is 1. The smallest absolute Gasteiger partial charge is 0.226 e. The van der Waals surface area contributed by atoms with Crippen molar-refractivity contribution >= 4 is 32.8 Å². The molecule has 39 heavy (non-hydrogen) atoms. The average Bonchev–Trinajstić information content (AvgIpc) is 3.49. The monoisotopic (exact) mass is 555 g/mol. The van der Waals surface area contributed by atoms with Gasteiger partial charge in [0.2, 0.25) is 21.9 Å². The van der Waals surface area contributed by atoms with Gasteiger partial charge in [-0.3, -0.25) is 4.79 Å². The first-order valence-corrected chi connectivity index (χ1v) is 15.4. The molecule has 3 aromatic rings. The van der Waals surface area contributed by atoms with Gasteiger partial charge < -0.3 is 15.0 Å². The predicted molar refractivity (Wildman–Crippen MR) is 149 cm³/mol. The van der Waals surface area contributed by atoms with Crippen molar-refractivity contribution in [3.05, 3.63) is 36.7 Å². The minimum Gasteiger partial charge on any atom is -0.493 e. The average molecular weight is 556 g/mol. The van der Waals surface area contributed by atoms with Gasteiger partial charge in [0.1, 0.15) is 5.75 Å². The topological polar surface area (TPSA) is 145 Å². The lowest BCUT2D eigenvalue weighted by molar-refractivity contribution is -0.139. The molecule has 5 rings (SSSR count). The number of hydrogen-bond donors (Lipinski definition) is 2. The third-order valence-electron chi connectivity index (χ3n) is 7.88. The van der Waals surface area contributed by atoms with E-state index in [0.717, 1.165) is 49.4 Å². The van der Waals surface area contributed by atoms with Crippen molar-refractivity contribution in [1.82, 2.24) is 24.6 Å². The molecule has 12 heteroatoms. The normalized spacial score (nSPS) is 23.7. The molecule has 1 aliphatic heterocycles. The van der Waals surface area contributed by atoms with Crippen molar-refractivity contribution in [3.63, 3.8) is 0 Å². The summed E-state index contributed by atoms with van der Waals surface area (Å²) in [6.45, 7) is 4.55.